The van der Waals surface area contributed by atoms with Crippen molar-refractivity contribution in [3.05, 3.63) is 18.0 Å². The molecular weight excluding hydrogens is 288 g/mol. The maximum atomic E-state index is 12.8. The molecule has 0 N–H and O–H groups in total. The van der Waals surface area contributed by atoms with Gasteiger partial charge >= 0.3 is 0 Å². The fourth-order valence-corrected chi connectivity index (χ4v) is 3.34. The summed E-state index contributed by atoms with van der Waals surface area (Å²) in [6.45, 7) is 3.91. The Labute approximate surface area is 128 Å². The Morgan fingerprint density at radius 3 is 2.76 bits per heavy atom. The van der Waals surface area contributed by atoms with Gasteiger partial charge in [-0.1, -0.05) is 11.8 Å². The molecule has 2 aliphatic heterocycles. The quantitative estimate of drug-likeness (QED) is 0.589. The number of ether oxygens (including phenoxy) is 1. The van der Waals surface area contributed by atoms with Gasteiger partial charge in [-0.05, 0) is 13.3 Å². The average molecular weight is 308 g/mol. The van der Waals surface area contributed by atoms with Gasteiger partial charge in [-0.2, -0.15) is 0 Å². The number of rotatable bonds is 2. The van der Waals surface area contributed by atoms with Crippen molar-refractivity contribution in [2.45, 2.75) is 11.2 Å². The highest BCUT2D eigenvalue weighted by Gasteiger charge is 2.35. The van der Waals surface area contributed by atoms with Gasteiger partial charge in [0, 0.05) is 37.9 Å². The van der Waals surface area contributed by atoms with Gasteiger partial charge in [-0.3, -0.25) is 4.79 Å². The first kappa shape index (κ1) is 14.7. The molecule has 21 heavy (non-hydrogen) atoms. The van der Waals surface area contributed by atoms with Crippen LogP contribution in [0.1, 0.15) is 10.4 Å². The van der Waals surface area contributed by atoms with Crippen LogP contribution >= 0.6 is 11.8 Å². The Balaban J connectivity index is 1.82. The molecule has 2 fully saturated rings. The van der Waals surface area contributed by atoms with Crippen molar-refractivity contribution in [2.75, 3.05) is 46.2 Å². The lowest BCUT2D eigenvalue weighted by Gasteiger charge is -2.29. The lowest BCUT2D eigenvalue weighted by Crippen LogP contribution is -2.46. The number of likely N-dealkylation sites (N-methyl/N-ethyl adjacent to an activating group) is 1. The highest BCUT2D eigenvalue weighted by molar-refractivity contribution is 7.98. The SMILES string of the molecule is CSc1ncc(C(=O)N2C[C@H]3COC[C@@H]2CN(C)C3)cn1. The zero-order valence-corrected chi connectivity index (χ0v) is 13.2. The van der Waals surface area contributed by atoms with E-state index in [4.69, 9.17) is 4.74 Å². The average Bonchev–Trinajstić information content (AvgIpc) is 2.76. The Morgan fingerprint density at radius 2 is 2.05 bits per heavy atom. The number of hydrogen-bond acceptors (Lipinski definition) is 6. The van der Waals surface area contributed by atoms with Crippen LogP contribution < -0.4 is 0 Å². The lowest BCUT2D eigenvalue weighted by atomic mass is 10.1. The number of hydrogen-bond donors (Lipinski definition) is 0. The van der Waals surface area contributed by atoms with Gasteiger partial charge in [0.25, 0.3) is 5.91 Å². The predicted octanol–water partition coefficient (Wildman–Crippen LogP) is 0.601. The van der Waals surface area contributed by atoms with Crippen molar-refractivity contribution in [3.63, 3.8) is 0 Å². The van der Waals surface area contributed by atoms with E-state index in [2.05, 4.69) is 21.9 Å². The third kappa shape index (κ3) is 3.20. The second-order valence-electron chi connectivity index (χ2n) is 5.69. The molecule has 0 radical (unpaired) electrons. The van der Waals surface area contributed by atoms with Crippen LogP contribution in [0, 0.1) is 5.92 Å². The highest BCUT2D eigenvalue weighted by Crippen LogP contribution is 2.21. The minimum Gasteiger partial charge on any atom is -0.379 e. The number of fused-ring (bicyclic) bond motifs is 3. The lowest BCUT2D eigenvalue weighted by molar-refractivity contribution is 0.0483. The Kier molecular flexibility index (Phi) is 4.42. The zero-order valence-electron chi connectivity index (χ0n) is 12.4. The van der Waals surface area contributed by atoms with E-state index < -0.39 is 0 Å². The zero-order chi connectivity index (χ0) is 14.8. The van der Waals surface area contributed by atoms with Crippen LogP contribution in [0.25, 0.3) is 0 Å². The maximum Gasteiger partial charge on any atom is 0.257 e. The molecule has 0 unspecified atom stereocenters. The molecule has 2 saturated heterocycles. The largest absolute Gasteiger partial charge is 0.379 e. The van der Waals surface area contributed by atoms with Crippen molar-refractivity contribution in [1.82, 2.24) is 19.8 Å². The summed E-state index contributed by atoms with van der Waals surface area (Å²) < 4.78 is 5.71. The summed E-state index contributed by atoms with van der Waals surface area (Å²) in [7, 11) is 2.11. The summed E-state index contributed by atoms with van der Waals surface area (Å²) in [5.74, 6) is 0.385. The van der Waals surface area contributed by atoms with Gasteiger partial charge in [0.2, 0.25) is 0 Å². The minimum atomic E-state index is 0.0125. The molecule has 1 amide bonds. The monoisotopic (exact) mass is 308 g/mol. The molecule has 3 heterocycles. The van der Waals surface area contributed by atoms with Crippen molar-refractivity contribution in [3.8, 4) is 0 Å². The van der Waals surface area contributed by atoms with Gasteiger partial charge in [0.1, 0.15) is 0 Å². The Bertz CT molecular complexity index is 510. The Morgan fingerprint density at radius 1 is 1.29 bits per heavy atom. The first-order valence-electron chi connectivity index (χ1n) is 7.10. The van der Waals surface area contributed by atoms with Gasteiger partial charge < -0.3 is 14.5 Å². The number of amides is 1. The molecule has 114 valence electrons. The van der Waals surface area contributed by atoms with Gasteiger partial charge in [-0.15, -0.1) is 0 Å². The second kappa shape index (κ2) is 6.29. The number of nitrogens with zero attached hydrogens (tertiary/aromatic N) is 4. The maximum absolute atomic E-state index is 12.8. The molecule has 1 aromatic heterocycles. The van der Waals surface area contributed by atoms with Gasteiger partial charge in [-0.25, -0.2) is 9.97 Å². The summed E-state index contributed by atoms with van der Waals surface area (Å²) in [5, 5.41) is 0.684. The number of aromatic nitrogens is 2. The van der Waals surface area contributed by atoms with Crippen LogP contribution in [0.4, 0.5) is 0 Å². The fourth-order valence-electron chi connectivity index (χ4n) is 3.02. The predicted molar refractivity (Wildman–Crippen MR) is 80.4 cm³/mol. The fraction of sp³-hybridized carbons (Fsp3) is 0.643. The summed E-state index contributed by atoms with van der Waals surface area (Å²) in [6.07, 6.45) is 5.17. The highest BCUT2D eigenvalue weighted by atomic mass is 32.2. The van der Waals surface area contributed by atoms with Gasteiger partial charge in [0.05, 0.1) is 24.8 Å². The van der Waals surface area contributed by atoms with Crippen LogP contribution in [-0.4, -0.2) is 77.9 Å². The molecule has 0 saturated carbocycles. The molecule has 0 spiro atoms. The number of thioether (sulfide) groups is 1. The molecule has 2 bridgehead atoms. The summed E-state index contributed by atoms with van der Waals surface area (Å²) >= 11 is 1.47. The first-order valence-corrected chi connectivity index (χ1v) is 8.33. The Hall–Kier alpha value is -1.18. The molecule has 3 rings (SSSR count). The van der Waals surface area contributed by atoms with Crippen LogP contribution in [-0.2, 0) is 4.74 Å². The number of carbonyl (C=O) groups is 1. The van der Waals surface area contributed by atoms with Crippen LogP contribution in [0.15, 0.2) is 17.6 Å². The van der Waals surface area contributed by atoms with E-state index >= 15 is 0 Å². The van der Waals surface area contributed by atoms with E-state index in [0.29, 0.717) is 23.2 Å². The standard InChI is InChI=1S/C14H20N4O2S/c1-17-5-10-6-18(12(7-17)9-20-8-10)13(19)11-3-15-14(21-2)16-4-11/h3-4,10,12H,5-9H2,1-2H3/t10-,12-/m0/s1. The molecule has 6 nitrogen and oxygen atoms in total. The molecule has 7 heteroatoms. The van der Waals surface area contributed by atoms with E-state index in [0.717, 1.165) is 26.2 Å². The topological polar surface area (TPSA) is 58.6 Å². The molecule has 0 aliphatic carbocycles. The van der Waals surface area contributed by atoms with E-state index in [9.17, 15) is 4.79 Å². The molecule has 0 aromatic carbocycles. The summed E-state index contributed by atoms with van der Waals surface area (Å²) in [4.78, 5) is 25.4. The third-order valence-corrected chi connectivity index (χ3v) is 4.55. The van der Waals surface area contributed by atoms with Crippen molar-refractivity contribution >= 4 is 17.7 Å². The normalized spacial score (nSPS) is 26.5. The van der Waals surface area contributed by atoms with Crippen LogP contribution in [0.2, 0.25) is 0 Å². The van der Waals surface area contributed by atoms with Crippen molar-refractivity contribution < 1.29 is 9.53 Å². The van der Waals surface area contributed by atoms with Crippen molar-refractivity contribution in [1.29, 1.82) is 0 Å². The smallest absolute Gasteiger partial charge is 0.257 e. The summed E-state index contributed by atoms with van der Waals surface area (Å²) in [6, 6.07) is 0.107. The van der Waals surface area contributed by atoms with Crippen molar-refractivity contribution in [2.24, 2.45) is 5.92 Å². The molecule has 1 aromatic rings. The second-order valence-corrected chi connectivity index (χ2v) is 6.47. The van der Waals surface area contributed by atoms with E-state index in [1.807, 2.05) is 11.2 Å². The molecular formula is C14H20N4O2S. The van der Waals surface area contributed by atoms with E-state index in [1.54, 1.807) is 12.4 Å². The number of carbonyl (C=O) groups excluding carboxylic acids is 1. The van der Waals surface area contributed by atoms with Gasteiger partial charge in [0.15, 0.2) is 5.16 Å². The van der Waals surface area contributed by atoms with Crippen LogP contribution in [0.5, 0.6) is 0 Å². The molecule has 2 atom stereocenters. The van der Waals surface area contributed by atoms with Crippen LogP contribution in [0.3, 0.4) is 0 Å². The minimum absolute atomic E-state index is 0.0125. The third-order valence-electron chi connectivity index (χ3n) is 3.97. The van der Waals surface area contributed by atoms with E-state index in [-0.39, 0.29) is 11.9 Å². The van der Waals surface area contributed by atoms with E-state index in [1.165, 1.54) is 11.8 Å². The molecule has 2 aliphatic rings. The summed E-state index contributed by atoms with van der Waals surface area (Å²) in [5.41, 5.74) is 0.558. The first-order chi connectivity index (χ1) is 10.2.